The summed E-state index contributed by atoms with van der Waals surface area (Å²) in [4.78, 5) is 28.6. The Hall–Kier alpha value is -12.8. The van der Waals surface area contributed by atoms with Crippen LogP contribution in [-0.4, -0.2) is 48.2 Å². The first-order valence-corrected chi connectivity index (χ1v) is 39.5. The standard InChI is InChI=1S/C49H35N3.C34H32BO2.C21H14ClN3.H2/c1-48(2)40-24-11-13-26-42(40)49(43-27-14-12-25-41(43)48)39-23-10-9-22-37(39)38-29-28-36(31-44(38)49)47-51-45(33-18-7-4-8-19-33)50-46(52-47)35-21-15-20-34(30-35)32-16-5-3-6-17-32;1-31(2)26-15-9-11-17-28(26)34(29-18-12-10-16-27(29)31)25-14-8-7-13-23(25)24-20-19-22(21-30(24)34)35-36-32(3,4)33(5,6)37-35;22-21-24-19(16-10-5-2-6-11-16)23-20(25-21)18-13-7-12-17(14-18)15-8-3-1-4-9-15;/h3-31H,1-2H3;7-21H,3H2,1-2,4-6H3;1-14H;1H/q;+1;;/i;;;1+1. The molecule has 4 aliphatic carbocycles. The molecule has 2 spiro atoms. The highest BCUT2D eigenvalue weighted by Crippen LogP contribution is 2.64. The van der Waals surface area contributed by atoms with E-state index in [4.69, 9.17) is 35.9 Å². The lowest BCUT2D eigenvalue weighted by molar-refractivity contribution is 0.0262. The normalized spacial score (nSPS) is 16.4. The second kappa shape index (κ2) is 27.9. The fourth-order valence-electron chi connectivity index (χ4n) is 18.4. The van der Waals surface area contributed by atoms with E-state index in [9.17, 15) is 0 Å². The summed E-state index contributed by atoms with van der Waals surface area (Å²) in [5, 5.41) is 0.189. The summed E-state index contributed by atoms with van der Waals surface area (Å²) >= 11 is 6.14. The molecule has 0 amide bonds. The van der Waals surface area contributed by atoms with E-state index < -0.39 is 29.2 Å². The Balaban J connectivity index is 0.000000127. The zero-order chi connectivity index (χ0) is 77.7. The maximum Gasteiger partial charge on any atom is 0.498 e. The van der Waals surface area contributed by atoms with Gasteiger partial charge in [0.25, 0.3) is 0 Å². The van der Waals surface area contributed by atoms with Crippen molar-refractivity contribution in [3.8, 4) is 101 Å². The Labute approximate surface area is 674 Å². The van der Waals surface area contributed by atoms with E-state index >= 15 is 0 Å². The van der Waals surface area contributed by atoms with Crippen LogP contribution >= 0.6 is 11.6 Å². The molecule has 5 aliphatic rings. The van der Waals surface area contributed by atoms with Crippen LogP contribution in [0.4, 0.5) is 0 Å². The van der Waals surface area contributed by atoms with Crippen LogP contribution in [0.5, 0.6) is 0 Å². The maximum absolute atomic E-state index is 6.45. The van der Waals surface area contributed by atoms with Gasteiger partial charge in [0, 0.05) is 47.0 Å². The summed E-state index contributed by atoms with van der Waals surface area (Å²) in [5.74, 6) is 3.09. The minimum Gasteiger partial charge on any atom is -0.395 e. The Morgan fingerprint density at radius 3 is 0.939 bits per heavy atom. The highest BCUT2D eigenvalue weighted by atomic mass is 35.5. The summed E-state index contributed by atoms with van der Waals surface area (Å²) in [5.41, 5.74) is 29.1. The number of nitrogens with zero attached hydrogens (tertiary/aromatic N) is 6. The number of hydrogen-bond acceptors (Lipinski definition) is 8. The van der Waals surface area contributed by atoms with Gasteiger partial charge in [0.05, 0.1) is 17.8 Å². The van der Waals surface area contributed by atoms with Gasteiger partial charge >= 0.3 is 7.12 Å². The van der Waals surface area contributed by atoms with Crippen LogP contribution in [0.3, 0.4) is 0 Å². The number of halogens is 1. The number of benzene rings is 14. The van der Waals surface area contributed by atoms with Gasteiger partial charge in [-0.2, -0.15) is 9.97 Å². The average molecular weight is 1500 g/mol. The number of rotatable bonds is 8. The molecule has 0 N–H and O–H groups in total. The van der Waals surface area contributed by atoms with Crippen molar-refractivity contribution in [1.82, 2.24) is 29.9 Å². The summed E-state index contributed by atoms with van der Waals surface area (Å²) in [6, 6.07) is 125. The largest absolute Gasteiger partial charge is 0.498 e. The van der Waals surface area contributed by atoms with Crippen molar-refractivity contribution >= 4 is 24.2 Å². The number of fused-ring (bicyclic) bond motifs is 18. The van der Waals surface area contributed by atoms with Gasteiger partial charge in [-0.1, -0.05) is 361 Å². The molecular weight excluding hydrogens is 1410 g/mol. The van der Waals surface area contributed by atoms with E-state index in [1.165, 1.54) is 89.0 Å². The molecule has 1 fully saturated rings. The van der Waals surface area contributed by atoms with Crippen molar-refractivity contribution in [2.75, 3.05) is 0 Å². The Morgan fingerprint density at radius 2 is 0.544 bits per heavy atom. The zero-order valence-corrected chi connectivity index (χ0v) is 65.4. The lowest BCUT2D eigenvalue weighted by Crippen LogP contribution is -2.42. The highest BCUT2D eigenvalue weighted by molar-refractivity contribution is 6.62. The lowest BCUT2D eigenvalue weighted by atomic mass is 9.55. The molecule has 114 heavy (non-hydrogen) atoms. The summed E-state index contributed by atoms with van der Waals surface area (Å²) in [7, 11) is -0.464. The van der Waals surface area contributed by atoms with Gasteiger partial charge < -0.3 is 9.31 Å². The molecule has 21 rings (SSSR count). The third-order valence-electron chi connectivity index (χ3n) is 24.5. The molecule has 2 aromatic heterocycles. The summed E-state index contributed by atoms with van der Waals surface area (Å²) in [6.45, 7) is 19.9. The molecule has 8 nitrogen and oxygen atoms in total. The van der Waals surface area contributed by atoms with Crippen molar-refractivity contribution in [3.63, 3.8) is 0 Å². The number of aromatic nitrogens is 6. The monoisotopic (exact) mass is 1490 g/mol. The third kappa shape index (κ3) is 11.7. The third-order valence-corrected chi connectivity index (χ3v) is 24.6. The molecule has 3 heterocycles. The fraction of sp³-hybridized carbons (Fsp3) is 0.125. The second-order valence-corrected chi connectivity index (χ2v) is 32.4. The predicted molar refractivity (Wildman–Crippen MR) is 466 cm³/mol. The SMILES string of the molecule is CC1(C)c2ccccc2C2(c3ccccc3-c3ccc(-c4nc(-c5ccccc5)nc(-c5cccc(-c6ccccc6)c5)n4)cc32)c2ccccc21.Clc1nc(-c2ccccc2)nc(-c2cccc(-c3ccccc3)c2)n1.[2HH].[CH2+]C1(C)OB(c2ccc3c(c2)C2(c4ccccc4-3)c3ccccc3C(C)(C)c3ccccc32)OC1(C)C. The van der Waals surface area contributed by atoms with Crippen LogP contribution < -0.4 is 5.46 Å². The summed E-state index contributed by atoms with van der Waals surface area (Å²) < 4.78 is 12.9. The smallest absolute Gasteiger partial charge is 0.395 e. The topological polar surface area (TPSA) is 95.8 Å². The molecule has 1 aliphatic heterocycles. The maximum atomic E-state index is 6.45. The van der Waals surface area contributed by atoms with Gasteiger partial charge in [-0.3, -0.25) is 0 Å². The Kier molecular flexibility index (Phi) is 17.5. The Morgan fingerprint density at radius 1 is 0.254 bits per heavy atom. The zero-order valence-electron chi connectivity index (χ0n) is 64.6. The molecule has 550 valence electrons. The van der Waals surface area contributed by atoms with Crippen LogP contribution in [0, 0.1) is 6.92 Å². The first-order chi connectivity index (χ1) is 55.4. The molecule has 1 unspecified atom stereocenters. The predicted octanol–water partition coefficient (Wildman–Crippen LogP) is 24.1. The van der Waals surface area contributed by atoms with Crippen LogP contribution in [0.2, 0.25) is 5.28 Å². The van der Waals surface area contributed by atoms with Crippen LogP contribution in [-0.2, 0) is 31.0 Å². The first-order valence-electron chi connectivity index (χ1n) is 39.1. The van der Waals surface area contributed by atoms with Gasteiger partial charge in [0.15, 0.2) is 29.1 Å². The van der Waals surface area contributed by atoms with Crippen molar-refractivity contribution in [3.05, 3.63) is 431 Å². The van der Waals surface area contributed by atoms with Crippen LogP contribution in [0.1, 0.15) is 117 Å². The molecule has 16 aromatic rings. The van der Waals surface area contributed by atoms with Crippen LogP contribution in [0.25, 0.3) is 101 Å². The fourth-order valence-corrected chi connectivity index (χ4v) is 18.6. The van der Waals surface area contributed by atoms with E-state index in [-0.39, 0.29) is 17.5 Å². The Bertz CT molecular complexity index is 6320. The highest BCUT2D eigenvalue weighted by Gasteiger charge is 2.59. The van der Waals surface area contributed by atoms with Gasteiger partial charge in [0.2, 0.25) is 10.9 Å². The van der Waals surface area contributed by atoms with E-state index in [1.807, 2.05) is 91.9 Å². The van der Waals surface area contributed by atoms with E-state index in [0.717, 1.165) is 55.5 Å². The second-order valence-electron chi connectivity index (χ2n) is 32.1. The molecule has 1 atom stereocenters. The lowest BCUT2D eigenvalue weighted by Gasteiger charge is -2.46. The minimum atomic E-state index is -0.634. The summed E-state index contributed by atoms with van der Waals surface area (Å²) in [6.07, 6.45) is 0. The molecule has 1 saturated heterocycles. The molecule has 0 bridgehead atoms. The quantitative estimate of drug-likeness (QED) is 0.110. The van der Waals surface area contributed by atoms with Crippen molar-refractivity contribution < 1.29 is 10.7 Å². The molecule has 0 radical (unpaired) electrons. The van der Waals surface area contributed by atoms with Gasteiger partial charge in [0.1, 0.15) is 5.60 Å². The van der Waals surface area contributed by atoms with Crippen LogP contribution in [0.15, 0.2) is 352 Å². The van der Waals surface area contributed by atoms with Gasteiger partial charge in [-0.15, -0.1) is 0 Å². The molecule has 0 saturated carbocycles. The average Bonchev–Trinajstić information content (AvgIpc) is 1.55. The first kappa shape index (κ1) is 71.6. The van der Waals surface area contributed by atoms with E-state index in [2.05, 4.69) is 330 Å². The van der Waals surface area contributed by atoms with Gasteiger partial charge in [-0.25, -0.2) is 19.9 Å². The van der Waals surface area contributed by atoms with E-state index in [0.29, 0.717) is 29.1 Å². The minimum absolute atomic E-state index is 0. The number of hydrogen-bond donors (Lipinski definition) is 0. The van der Waals surface area contributed by atoms with E-state index in [1.54, 1.807) is 0 Å². The van der Waals surface area contributed by atoms with Gasteiger partial charge in [-0.05, 0) is 160 Å². The van der Waals surface area contributed by atoms with Crippen molar-refractivity contribution in [2.24, 2.45) is 0 Å². The molecular formula is C104H83BClN6O2+. The molecule has 14 aromatic carbocycles. The van der Waals surface area contributed by atoms with Crippen molar-refractivity contribution in [1.29, 1.82) is 0 Å². The van der Waals surface area contributed by atoms with Crippen molar-refractivity contribution in [2.45, 2.75) is 81.3 Å². The molecule has 10 heteroatoms.